The van der Waals surface area contributed by atoms with Crippen molar-refractivity contribution < 1.29 is 0 Å². The molecular formula is C33H33Br2N. The van der Waals surface area contributed by atoms with Crippen LogP contribution in [0.1, 0.15) is 56.4 Å². The van der Waals surface area contributed by atoms with E-state index in [1.807, 2.05) is 0 Å². The van der Waals surface area contributed by atoms with E-state index >= 15 is 0 Å². The number of hydrogen-bond donors (Lipinski definition) is 0. The van der Waals surface area contributed by atoms with Crippen LogP contribution in [0.3, 0.4) is 0 Å². The Hall–Kier alpha value is -2.36. The summed E-state index contributed by atoms with van der Waals surface area (Å²) in [5, 5.41) is 0. The predicted molar refractivity (Wildman–Crippen MR) is 162 cm³/mol. The number of rotatable bonds is 4. The third kappa shape index (κ3) is 4.57. The van der Waals surface area contributed by atoms with Crippen LogP contribution >= 0.6 is 31.9 Å². The molecule has 1 aliphatic carbocycles. The maximum absolute atomic E-state index is 3.59. The number of anilines is 3. The van der Waals surface area contributed by atoms with Gasteiger partial charge in [-0.05, 0) is 125 Å². The highest BCUT2D eigenvalue weighted by Gasteiger charge is 2.41. The SMILES string of the molecule is Cc1cc(N(c2ccc(Br)cc2)c2ccc(Br)cc2)cc(C)c1-c1ccc2c(c1)C(C)(C)CC2(C)C. The molecule has 0 aromatic heterocycles. The summed E-state index contributed by atoms with van der Waals surface area (Å²) < 4.78 is 2.15. The lowest BCUT2D eigenvalue weighted by molar-refractivity contribution is 0.403. The number of hydrogen-bond acceptors (Lipinski definition) is 1. The van der Waals surface area contributed by atoms with E-state index in [9.17, 15) is 0 Å². The fourth-order valence-corrected chi connectivity index (χ4v) is 6.83. The first-order chi connectivity index (χ1) is 17.0. The average molecular weight is 603 g/mol. The van der Waals surface area contributed by atoms with E-state index in [2.05, 4.69) is 157 Å². The molecule has 0 amide bonds. The molecule has 0 saturated carbocycles. The van der Waals surface area contributed by atoms with Crippen LogP contribution in [0.25, 0.3) is 11.1 Å². The topological polar surface area (TPSA) is 3.24 Å². The molecule has 0 radical (unpaired) electrons. The minimum Gasteiger partial charge on any atom is -0.310 e. The fraction of sp³-hybridized carbons (Fsp3) is 0.273. The number of benzene rings is 4. The summed E-state index contributed by atoms with van der Waals surface area (Å²) in [7, 11) is 0. The van der Waals surface area contributed by atoms with Crippen molar-refractivity contribution in [2.45, 2.75) is 58.8 Å². The Morgan fingerprint density at radius 1 is 0.583 bits per heavy atom. The maximum atomic E-state index is 3.59. The summed E-state index contributed by atoms with van der Waals surface area (Å²) in [6.07, 6.45) is 1.19. The van der Waals surface area contributed by atoms with Gasteiger partial charge in [0, 0.05) is 26.0 Å². The highest BCUT2D eigenvalue weighted by molar-refractivity contribution is 9.10. The standard InChI is InChI=1S/C33H33Br2N/c1-21-17-28(36(26-12-8-24(34)9-13-26)27-14-10-25(35)11-15-27)18-22(2)31(21)23-7-16-29-30(19-23)33(5,6)20-32(29,3)4/h7-19H,20H2,1-6H3. The number of nitrogens with zero attached hydrogens (tertiary/aromatic N) is 1. The van der Waals surface area contributed by atoms with E-state index in [1.165, 1.54) is 45.5 Å². The van der Waals surface area contributed by atoms with Crippen molar-refractivity contribution in [3.05, 3.63) is 110 Å². The lowest BCUT2D eigenvalue weighted by Crippen LogP contribution is -2.17. The molecule has 1 nitrogen and oxygen atoms in total. The molecule has 184 valence electrons. The molecule has 3 heteroatoms. The van der Waals surface area contributed by atoms with Crippen LogP contribution in [0.5, 0.6) is 0 Å². The van der Waals surface area contributed by atoms with Crippen LogP contribution in [0.2, 0.25) is 0 Å². The minimum atomic E-state index is 0.191. The smallest absolute Gasteiger partial charge is 0.0467 e. The molecule has 1 aliphatic rings. The first-order valence-electron chi connectivity index (χ1n) is 12.5. The van der Waals surface area contributed by atoms with Crippen molar-refractivity contribution in [3.8, 4) is 11.1 Å². The number of halogens is 2. The number of fused-ring (bicyclic) bond motifs is 1. The largest absolute Gasteiger partial charge is 0.310 e. The van der Waals surface area contributed by atoms with Crippen molar-refractivity contribution in [2.75, 3.05) is 4.90 Å². The molecule has 0 heterocycles. The molecule has 0 aliphatic heterocycles. The van der Waals surface area contributed by atoms with Gasteiger partial charge >= 0.3 is 0 Å². The van der Waals surface area contributed by atoms with E-state index in [-0.39, 0.29) is 10.8 Å². The zero-order valence-corrected chi connectivity index (χ0v) is 25.1. The third-order valence-corrected chi connectivity index (χ3v) is 8.65. The van der Waals surface area contributed by atoms with Gasteiger partial charge in [-0.1, -0.05) is 77.8 Å². The van der Waals surface area contributed by atoms with Crippen molar-refractivity contribution in [3.63, 3.8) is 0 Å². The minimum absolute atomic E-state index is 0.191. The fourth-order valence-electron chi connectivity index (χ4n) is 6.30. The van der Waals surface area contributed by atoms with Gasteiger partial charge in [-0.25, -0.2) is 0 Å². The summed E-state index contributed by atoms with van der Waals surface area (Å²) in [6.45, 7) is 14.0. The van der Waals surface area contributed by atoms with E-state index in [4.69, 9.17) is 0 Å². The zero-order chi connectivity index (χ0) is 25.8. The maximum Gasteiger partial charge on any atom is 0.0467 e. The van der Waals surface area contributed by atoms with Crippen LogP contribution < -0.4 is 4.90 Å². The van der Waals surface area contributed by atoms with Gasteiger partial charge in [0.1, 0.15) is 0 Å². The Balaban J connectivity index is 1.63. The molecular weight excluding hydrogens is 570 g/mol. The van der Waals surface area contributed by atoms with E-state index in [0.717, 1.165) is 20.3 Å². The van der Waals surface area contributed by atoms with Gasteiger partial charge in [-0.2, -0.15) is 0 Å². The van der Waals surface area contributed by atoms with Gasteiger partial charge in [0.2, 0.25) is 0 Å². The highest BCUT2D eigenvalue weighted by atomic mass is 79.9. The van der Waals surface area contributed by atoms with E-state index in [1.54, 1.807) is 0 Å². The first-order valence-corrected chi connectivity index (χ1v) is 14.1. The number of aryl methyl sites for hydroxylation is 2. The molecule has 36 heavy (non-hydrogen) atoms. The van der Waals surface area contributed by atoms with Gasteiger partial charge in [0.15, 0.2) is 0 Å². The van der Waals surface area contributed by atoms with Crippen molar-refractivity contribution in [2.24, 2.45) is 0 Å². The van der Waals surface area contributed by atoms with E-state index in [0.29, 0.717) is 0 Å². The quantitative estimate of drug-likeness (QED) is 0.224. The molecule has 0 bridgehead atoms. The normalized spacial score (nSPS) is 15.6. The molecule has 5 rings (SSSR count). The van der Waals surface area contributed by atoms with E-state index < -0.39 is 0 Å². The second kappa shape index (κ2) is 9.19. The molecule has 4 aromatic rings. The summed E-state index contributed by atoms with van der Waals surface area (Å²) in [4.78, 5) is 2.33. The Labute approximate surface area is 232 Å². The molecule has 0 unspecified atom stereocenters. The second-order valence-electron chi connectivity index (χ2n) is 11.4. The molecule has 4 aromatic carbocycles. The molecule has 0 N–H and O–H groups in total. The van der Waals surface area contributed by atoms with Crippen LogP contribution in [0.15, 0.2) is 87.8 Å². The lowest BCUT2D eigenvalue weighted by Gasteiger charge is -2.27. The van der Waals surface area contributed by atoms with Gasteiger partial charge in [-0.15, -0.1) is 0 Å². The summed E-state index contributed by atoms with van der Waals surface area (Å²) in [5.41, 5.74) is 12.1. The van der Waals surface area contributed by atoms with Crippen LogP contribution in [-0.4, -0.2) is 0 Å². The Morgan fingerprint density at radius 2 is 1.06 bits per heavy atom. The summed E-state index contributed by atoms with van der Waals surface area (Å²) in [6, 6.07) is 28.9. The average Bonchev–Trinajstić information content (AvgIpc) is 2.99. The molecule has 0 atom stereocenters. The second-order valence-corrected chi connectivity index (χ2v) is 13.3. The van der Waals surface area contributed by atoms with Crippen LogP contribution in [-0.2, 0) is 10.8 Å². The monoisotopic (exact) mass is 601 g/mol. The molecule has 0 fully saturated rings. The summed E-state index contributed by atoms with van der Waals surface area (Å²) in [5.74, 6) is 0. The summed E-state index contributed by atoms with van der Waals surface area (Å²) >= 11 is 7.17. The highest BCUT2D eigenvalue weighted by Crippen LogP contribution is 2.50. The third-order valence-electron chi connectivity index (χ3n) is 7.60. The Morgan fingerprint density at radius 3 is 1.56 bits per heavy atom. The van der Waals surface area contributed by atoms with Gasteiger partial charge < -0.3 is 4.90 Å². The van der Waals surface area contributed by atoms with Crippen LogP contribution in [0.4, 0.5) is 17.1 Å². The Bertz CT molecular complexity index is 1360. The van der Waals surface area contributed by atoms with Gasteiger partial charge in [0.05, 0.1) is 0 Å². The Kier molecular flexibility index (Phi) is 6.46. The van der Waals surface area contributed by atoms with Gasteiger partial charge in [-0.3, -0.25) is 0 Å². The molecule has 0 saturated heterocycles. The first kappa shape index (κ1) is 25.3. The van der Waals surface area contributed by atoms with Crippen molar-refractivity contribution >= 4 is 48.9 Å². The zero-order valence-electron chi connectivity index (χ0n) is 21.9. The van der Waals surface area contributed by atoms with Crippen LogP contribution in [0, 0.1) is 13.8 Å². The van der Waals surface area contributed by atoms with Gasteiger partial charge in [0.25, 0.3) is 0 Å². The van der Waals surface area contributed by atoms with Crippen molar-refractivity contribution in [1.82, 2.24) is 0 Å². The van der Waals surface area contributed by atoms with Crippen molar-refractivity contribution in [1.29, 1.82) is 0 Å². The lowest BCUT2D eigenvalue weighted by atomic mass is 9.82. The molecule has 0 spiro atoms. The predicted octanol–water partition coefficient (Wildman–Crippen LogP) is 10.9.